The third kappa shape index (κ3) is 3.76. The lowest BCUT2D eigenvalue weighted by Crippen LogP contribution is -2.47. The number of carboxylic acids is 1. The molecule has 0 fully saturated rings. The maximum absolute atomic E-state index is 11.1. The lowest BCUT2D eigenvalue weighted by Gasteiger charge is -2.35. The Bertz CT molecular complexity index is 237. The van der Waals surface area contributed by atoms with Gasteiger partial charge in [-0.2, -0.15) is 0 Å². The number of ether oxygens (including phenoxy) is 1. The van der Waals surface area contributed by atoms with E-state index >= 15 is 0 Å². The van der Waals surface area contributed by atoms with E-state index in [4.69, 9.17) is 9.84 Å². The van der Waals surface area contributed by atoms with Crippen LogP contribution >= 0.6 is 0 Å². The van der Waals surface area contributed by atoms with E-state index < -0.39 is 17.2 Å². The summed E-state index contributed by atoms with van der Waals surface area (Å²) in [5.74, 6) is -1.49. The summed E-state index contributed by atoms with van der Waals surface area (Å²) in [6, 6.07) is 0. The van der Waals surface area contributed by atoms with Crippen LogP contribution in [0.4, 0.5) is 0 Å². The van der Waals surface area contributed by atoms with E-state index in [0.717, 1.165) is 0 Å². The summed E-state index contributed by atoms with van der Waals surface area (Å²) in [5, 5.41) is 19.3. The highest BCUT2D eigenvalue weighted by molar-refractivity contribution is 5.77. The minimum atomic E-state index is -1.65. The van der Waals surface area contributed by atoms with Crippen molar-refractivity contribution in [3.05, 3.63) is 0 Å². The highest BCUT2D eigenvalue weighted by Gasteiger charge is 2.42. The lowest BCUT2D eigenvalue weighted by molar-refractivity contribution is -0.168. The summed E-state index contributed by atoms with van der Waals surface area (Å²) in [4.78, 5) is 11.1. The molecule has 0 saturated carbocycles. The minimum absolute atomic E-state index is 0.267. The van der Waals surface area contributed by atoms with Crippen LogP contribution in [-0.2, 0) is 9.53 Å². The summed E-state index contributed by atoms with van der Waals surface area (Å²) in [6.45, 7) is 7.39. The van der Waals surface area contributed by atoms with Crippen LogP contribution in [0.1, 0.15) is 47.0 Å². The molecule has 4 heteroatoms. The Labute approximate surface area is 97.6 Å². The van der Waals surface area contributed by atoms with Crippen molar-refractivity contribution in [3.63, 3.8) is 0 Å². The molecule has 0 aromatic rings. The molecule has 0 aromatic heterocycles. The molecule has 0 saturated heterocycles. The first-order valence-electron chi connectivity index (χ1n) is 5.70. The molecule has 0 rings (SSSR count). The zero-order valence-corrected chi connectivity index (χ0v) is 10.9. The van der Waals surface area contributed by atoms with Crippen LogP contribution in [0.15, 0.2) is 0 Å². The Balaban J connectivity index is 4.76. The molecule has 0 radical (unpaired) electrons. The number of carboxylic acid groups (broad SMARTS) is 1. The predicted molar refractivity (Wildman–Crippen MR) is 62.4 cm³/mol. The first kappa shape index (κ1) is 15.4. The van der Waals surface area contributed by atoms with Gasteiger partial charge in [-0.15, -0.1) is 0 Å². The molecule has 2 unspecified atom stereocenters. The maximum Gasteiger partial charge on any atom is 0.335 e. The van der Waals surface area contributed by atoms with Crippen LogP contribution < -0.4 is 0 Å². The fourth-order valence-electron chi connectivity index (χ4n) is 1.93. The maximum atomic E-state index is 11.1. The van der Waals surface area contributed by atoms with Crippen LogP contribution in [0.5, 0.6) is 0 Å². The molecule has 16 heavy (non-hydrogen) atoms. The van der Waals surface area contributed by atoms with E-state index in [9.17, 15) is 9.90 Å². The standard InChI is InChI=1S/C12H24O4/c1-6-7-12(15,10(13)14)9(2)8-11(3,4)16-5/h9,15H,6-8H2,1-5H3,(H,13,14). The van der Waals surface area contributed by atoms with E-state index in [1.54, 1.807) is 14.0 Å². The van der Waals surface area contributed by atoms with Crippen LogP contribution in [0.3, 0.4) is 0 Å². The number of aliphatic hydroxyl groups is 1. The number of aliphatic carboxylic acids is 1. The Kier molecular flexibility index (Phi) is 5.42. The number of rotatable bonds is 7. The predicted octanol–water partition coefficient (Wildman–Crippen LogP) is 2.05. The second-order valence-electron chi connectivity index (χ2n) is 5.05. The van der Waals surface area contributed by atoms with Gasteiger partial charge in [-0.25, -0.2) is 4.79 Å². The molecule has 0 heterocycles. The summed E-state index contributed by atoms with van der Waals surface area (Å²) in [6.07, 6.45) is 1.41. The molecule has 0 aromatic carbocycles. The van der Waals surface area contributed by atoms with E-state index in [1.807, 2.05) is 20.8 Å². The zero-order valence-electron chi connectivity index (χ0n) is 10.9. The van der Waals surface area contributed by atoms with Gasteiger partial charge >= 0.3 is 5.97 Å². The van der Waals surface area contributed by atoms with Crippen LogP contribution in [0.2, 0.25) is 0 Å². The summed E-state index contributed by atoms with van der Waals surface area (Å²) >= 11 is 0. The van der Waals surface area contributed by atoms with Gasteiger partial charge in [0.1, 0.15) is 0 Å². The van der Waals surface area contributed by atoms with Gasteiger partial charge in [-0.05, 0) is 32.6 Å². The van der Waals surface area contributed by atoms with E-state index in [2.05, 4.69) is 0 Å². The van der Waals surface area contributed by atoms with Crippen molar-refractivity contribution in [1.82, 2.24) is 0 Å². The highest BCUT2D eigenvalue weighted by atomic mass is 16.5. The Morgan fingerprint density at radius 1 is 1.44 bits per heavy atom. The summed E-state index contributed by atoms with van der Waals surface area (Å²) in [7, 11) is 1.59. The van der Waals surface area contributed by atoms with Crippen LogP contribution in [0, 0.1) is 5.92 Å². The molecular formula is C12H24O4. The number of methoxy groups -OCH3 is 1. The molecule has 0 amide bonds. The first-order chi connectivity index (χ1) is 7.19. The molecule has 0 spiro atoms. The topological polar surface area (TPSA) is 66.8 Å². The van der Waals surface area contributed by atoms with E-state index in [0.29, 0.717) is 12.8 Å². The van der Waals surface area contributed by atoms with Gasteiger partial charge in [0.25, 0.3) is 0 Å². The molecule has 2 atom stereocenters. The van der Waals surface area contributed by atoms with Crippen molar-refractivity contribution in [2.45, 2.75) is 58.2 Å². The van der Waals surface area contributed by atoms with Crippen molar-refractivity contribution >= 4 is 5.97 Å². The van der Waals surface area contributed by atoms with Gasteiger partial charge in [0, 0.05) is 7.11 Å². The van der Waals surface area contributed by atoms with Crippen molar-refractivity contribution in [3.8, 4) is 0 Å². The average molecular weight is 232 g/mol. The highest BCUT2D eigenvalue weighted by Crippen LogP contribution is 2.31. The molecule has 2 N–H and O–H groups in total. The second-order valence-corrected chi connectivity index (χ2v) is 5.05. The van der Waals surface area contributed by atoms with Crippen molar-refractivity contribution in [1.29, 1.82) is 0 Å². The molecular weight excluding hydrogens is 208 g/mol. The SMILES string of the molecule is CCCC(O)(C(=O)O)C(C)CC(C)(C)OC. The van der Waals surface area contributed by atoms with E-state index in [1.165, 1.54) is 0 Å². The Morgan fingerprint density at radius 2 is 1.94 bits per heavy atom. The van der Waals surface area contributed by atoms with Gasteiger partial charge in [-0.1, -0.05) is 20.3 Å². The monoisotopic (exact) mass is 232 g/mol. The number of hydrogen-bond acceptors (Lipinski definition) is 3. The summed E-state index contributed by atoms with van der Waals surface area (Å²) in [5.41, 5.74) is -2.07. The molecule has 0 aliphatic carbocycles. The van der Waals surface area contributed by atoms with E-state index in [-0.39, 0.29) is 12.3 Å². The molecule has 0 aliphatic rings. The average Bonchev–Trinajstić information content (AvgIpc) is 2.17. The normalized spacial score (nSPS) is 17.9. The third-order valence-corrected chi connectivity index (χ3v) is 3.17. The molecule has 4 nitrogen and oxygen atoms in total. The Morgan fingerprint density at radius 3 is 2.25 bits per heavy atom. The first-order valence-corrected chi connectivity index (χ1v) is 5.70. The third-order valence-electron chi connectivity index (χ3n) is 3.17. The van der Waals surface area contributed by atoms with Gasteiger partial charge in [0.05, 0.1) is 5.60 Å². The van der Waals surface area contributed by atoms with Gasteiger partial charge < -0.3 is 14.9 Å². The van der Waals surface area contributed by atoms with Crippen molar-refractivity contribution < 1.29 is 19.7 Å². The summed E-state index contributed by atoms with van der Waals surface area (Å²) < 4.78 is 5.26. The Hall–Kier alpha value is -0.610. The lowest BCUT2D eigenvalue weighted by atomic mass is 9.79. The van der Waals surface area contributed by atoms with Gasteiger partial charge in [0.2, 0.25) is 0 Å². The van der Waals surface area contributed by atoms with Crippen LogP contribution in [-0.4, -0.2) is 34.5 Å². The van der Waals surface area contributed by atoms with Crippen molar-refractivity contribution in [2.24, 2.45) is 5.92 Å². The zero-order chi connectivity index (χ0) is 13.0. The van der Waals surface area contributed by atoms with Gasteiger partial charge in [0.15, 0.2) is 5.60 Å². The fourth-order valence-corrected chi connectivity index (χ4v) is 1.93. The smallest absolute Gasteiger partial charge is 0.335 e. The fraction of sp³-hybridized carbons (Fsp3) is 0.917. The molecule has 0 bridgehead atoms. The second kappa shape index (κ2) is 5.64. The van der Waals surface area contributed by atoms with Crippen molar-refractivity contribution in [2.75, 3.05) is 7.11 Å². The molecule has 0 aliphatic heterocycles. The minimum Gasteiger partial charge on any atom is -0.479 e. The number of carbonyl (C=O) groups is 1. The molecule has 96 valence electrons. The van der Waals surface area contributed by atoms with Crippen LogP contribution in [0.25, 0.3) is 0 Å². The van der Waals surface area contributed by atoms with Gasteiger partial charge in [-0.3, -0.25) is 0 Å². The quantitative estimate of drug-likeness (QED) is 0.705. The number of hydrogen-bond donors (Lipinski definition) is 2. The largest absolute Gasteiger partial charge is 0.479 e.